The predicted octanol–water partition coefficient (Wildman–Crippen LogP) is 3.96. The van der Waals surface area contributed by atoms with Crippen LogP contribution in [0.1, 0.15) is 65.4 Å². The van der Waals surface area contributed by atoms with E-state index >= 15 is 0 Å². The van der Waals surface area contributed by atoms with Crippen LogP contribution in [0.5, 0.6) is 5.88 Å². The van der Waals surface area contributed by atoms with Gasteiger partial charge in [0, 0.05) is 17.4 Å². The number of thioether (sulfide) groups is 1. The fourth-order valence-electron chi connectivity index (χ4n) is 3.34. The largest absolute Gasteiger partial charge is 0.500 e. The van der Waals surface area contributed by atoms with E-state index in [1.54, 1.807) is 11.8 Å². The highest BCUT2D eigenvalue weighted by atomic mass is 32.2. The van der Waals surface area contributed by atoms with Gasteiger partial charge in [-0.05, 0) is 65.2 Å². The Labute approximate surface area is 156 Å². The third-order valence-electron chi connectivity index (χ3n) is 5.58. The number of hydrogen-bond acceptors (Lipinski definition) is 5. The standard InChI is InChI=1S/C19H30BNO3S/c1-18(2)19(3,4)24-20(23-18)16-11-14(13-25-5)12-21-17(16)22-15-9-7-6-8-10-15/h11-12,15H,6-10,13H2,1-5H3. The lowest BCUT2D eigenvalue weighted by Gasteiger charge is -2.32. The molecule has 0 spiro atoms. The van der Waals surface area contributed by atoms with Gasteiger partial charge < -0.3 is 14.0 Å². The summed E-state index contributed by atoms with van der Waals surface area (Å²) >= 11 is 1.78. The van der Waals surface area contributed by atoms with Gasteiger partial charge in [0.25, 0.3) is 0 Å². The Bertz CT molecular complexity index is 586. The first-order valence-corrected chi connectivity index (χ1v) is 10.7. The van der Waals surface area contributed by atoms with Crippen LogP contribution in [0.2, 0.25) is 0 Å². The monoisotopic (exact) mass is 363 g/mol. The van der Waals surface area contributed by atoms with Gasteiger partial charge >= 0.3 is 7.12 Å². The quantitative estimate of drug-likeness (QED) is 0.741. The van der Waals surface area contributed by atoms with E-state index in [0.29, 0.717) is 5.88 Å². The lowest BCUT2D eigenvalue weighted by atomic mass is 9.79. The highest BCUT2D eigenvalue weighted by Crippen LogP contribution is 2.37. The minimum Gasteiger partial charge on any atom is -0.475 e. The van der Waals surface area contributed by atoms with E-state index in [0.717, 1.165) is 24.1 Å². The highest BCUT2D eigenvalue weighted by molar-refractivity contribution is 7.97. The third-order valence-corrected chi connectivity index (χ3v) is 6.21. The lowest BCUT2D eigenvalue weighted by molar-refractivity contribution is 0.00578. The first-order valence-electron chi connectivity index (χ1n) is 9.32. The van der Waals surface area contributed by atoms with E-state index in [-0.39, 0.29) is 17.3 Å². The third kappa shape index (κ3) is 4.17. The van der Waals surface area contributed by atoms with Crippen LogP contribution in [0, 0.1) is 0 Å². The Morgan fingerprint density at radius 1 is 1.16 bits per heavy atom. The van der Waals surface area contributed by atoms with Crippen LogP contribution in [0.25, 0.3) is 0 Å². The second kappa shape index (κ2) is 7.49. The average molecular weight is 363 g/mol. The van der Waals surface area contributed by atoms with E-state index in [2.05, 4.69) is 45.0 Å². The van der Waals surface area contributed by atoms with E-state index in [1.807, 2.05) is 6.20 Å². The molecule has 0 N–H and O–H groups in total. The van der Waals surface area contributed by atoms with E-state index < -0.39 is 7.12 Å². The fraction of sp³-hybridized carbons (Fsp3) is 0.737. The minimum atomic E-state index is -0.433. The molecular weight excluding hydrogens is 333 g/mol. The Kier molecular flexibility index (Phi) is 5.71. The number of rotatable bonds is 5. The molecule has 1 aliphatic carbocycles. The summed E-state index contributed by atoms with van der Waals surface area (Å²) in [5, 5.41) is 0. The van der Waals surface area contributed by atoms with Crippen LogP contribution in [0.15, 0.2) is 12.3 Å². The predicted molar refractivity (Wildman–Crippen MR) is 105 cm³/mol. The topological polar surface area (TPSA) is 40.6 Å². The molecule has 0 bridgehead atoms. The van der Waals surface area contributed by atoms with Gasteiger partial charge in [0.2, 0.25) is 5.88 Å². The summed E-state index contributed by atoms with van der Waals surface area (Å²) in [5.74, 6) is 1.60. The van der Waals surface area contributed by atoms with Crippen LogP contribution >= 0.6 is 11.8 Å². The number of ether oxygens (including phenoxy) is 1. The summed E-state index contributed by atoms with van der Waals surface area (Å²) in [6.45, 7) is 8.31. The Morgan fingerprint density at radius 2 is 1.80 bits per heavy atom. The van der Waals surface area contributed by atoms with Gasteiger partial charge in [-0.15, -0.1) is 0 Å². The lowest BCUT2D eigenvalue weighted by Crippen LogP contribution is -2.41. The zero-order valence-corrected chi connectivity index (χ0v) is 16.9. The van der Waals surface area contributed by atoms with Crippen molar-refractivity contribution in [1.82, 2.24) is 4.98 Å². The van der Waals surface area contributed by atoms with Crippen molar-refractivity contribution in [3.8, 4) is 5.88 Å². The SMILES string of the molecule is CSCc1cnc(OC2CCCCC2)c(B2OC(C)(C)C(C)(C)O2)c1. The Hall–Kier alpha value is -0.715. The van der Waals surface area contributed by atoms with Gasteiger partial charge in [-0.25, -0.2) is 4.98 Å². The molecule has 2 heterocycles. The van der Waals surface area contributed by atoms with Crippen LogP contribution in [0.3, 0.4) is 0 Å². The van der Waals surface area contributed by atoms with Gasteiger partial charge in [-0.1, -0.05) is 12.5 Å². The van der Waals surface area contributed by atoms with Crippen molar-refractivity contribution in [2.24, 2.45) is 0 Å². The summed E-state index contributed by atoms with van der Waals surface area (Å²) in [6.07, 6.45) is 10.3. The highest BCUT2D eigenvalue weighted by Gasteiger charge is 2.52. The number of hydrogen-bond donors (Lipinski definition) is 0. The van der Waals surface area contributed by atoms with Crippen molar-refractivity contribution in [1.29, 1.82) is 0 Å². The number of nitrogens with zero attached hydrogens (tertiary/aromatic N) is 1. The molecule has 1 saturated heterocycles. The van der Waals surface area contributed by atoms with E-state index in [9.17, 15) is 0 Å². The zero-order valence-electron chi connectivity index (χ0n) is 16.1. The molecule has 0 unspecified atom stereocenters. The molecule has 6 heteroatoms. The second-order valence-corrected chi connectivity index (χ2v) is 9.00. The average Bonchev–Trinajstić information content (AvgIpc) is 2.78. The summed E-state index contributed by atoms with van der Waals surface area (Å²) in [6, 6.07) is 2.14. The Morgan fingerprint density at radius 3 is 2.40 bits per heavy atom. The molecule has 2 fully saturated rings. The first-order chi connectivity index (χ1) is 11.8. The molecule has 0 aromatic carbocycles. The van der Waals surface area contributed by atoms with E-state index in [4.69, 9.17) is 14.0 Å². The summed E-state index contributed by atoms with van der Waals surface area (Å²) in [5.41, 5.74) is 1.37. The maximum atomic E-state index is 6.29. The smallest absolute Gasteiger partial charge is 0.475 e. The van der Waals surface area contributed by atoms with Crippen molar-refractivity contribution >= 4 is 24.3 Å². The molecule has 0 radical (unpaired) electrons. The first kappa shape index (κ1) is 19.1. The molecule has 1 aromatic rings. The molecule has 1 aliphatic heterocycles. The van der Waals surface area contributed by atoms with Crippen LogP contribution in [-0.4, -0.2) is 35.7 Å². The summed E-state index contributed by atoms with van der Waals surface area (Å²) in [7, 11) is -0.433. The number of aromatic nitrogens is 1. The number of pyridine rings is 1. The van der Waals surface area contributed by atoms with Gasteiger partial charge in [0.15, 0.2) is 0 Å². The van der Waals surface area contributed by atoms with Crippen molar-refractivity contribution in [3.05, 3.63) is 17.8 Å². The van der Waals surface area contributed by atoms with Crippen molar-refractivity contribution in [3.63, 3.8) is 0 Å². The van der Waals surface area contributed by atoms with Crippen LogP contribution < -0.4 is 10.2 Å². The van der Waals surface area contributed by atoms with Crippen molar-refractivity contribution < 1.29 is 14.0 Å². The van der Waals surface area contributed by atoms with Crippen molar-refractivity contribution in [2.45, 2.75) is 82.9 Å². The summed E-state index contributed by atoms with van der Waals surface area (Å²) in [4.78, 5) is 4.64. The Balaban J connectivity index is 1.87. The molecule has 1 saturated carbocycles. The van der Waals surface area contributed by atoms with Gasteiger partial charge in [0.1, 0.15) is 6.10 Å². The molecule has 4 nitrogen and oxygen atoms in total. The van der Waals surface area contributed by atoms with E-state index in [1.165, 1.54) is 24.8 Å². The molecule has 3 rings (SSSR count). The zero-order chi connectivity index (χ0) is 18.1. The van der Waals surface area contributed by atoms with Gasteiger partial charge in [-0.2, -0.15) is 11.8 Å². The maximum Gasteiger partial charge on any atom is 0.500 e. The molecule has 0 atom stereocenters. The molecule has 25 heavy (non-hydrogen) atoms. The maximum absolute atomic E-state index is 6.29. The van der Waals surface area contributed by atoms with Crippen LogP contribution in [0.4, 0.5) is 0 Å². The molecule has 2 aliphatic rings. The van der Waals surface area contributed by atoms with Gasteiger partial charge in [0.05, 0.1) is 11.2 Å². The fourth-order valence-corrected chi connectivity index (χ4v) is 3.83. The van der Waals surface area contributed by atoms with Crippen LogP contribution in [-0.2, 0) is 15.1 Å². The second-order valence-electron chi connectivity index (χ2n) is 8.14. The molecule has 0 amide bonds. The molecule has 138 valence electrons. The minimum absolute atomic E-state index is 0.258. The summed E-state index contributed by atoms with van der Waals surface area (Å²) < 4.78 is 18.8. The molecule has 1 aromatic heterocycles. The normalized spacial score (nSPS) is 23.0. The van der Waals surface area contributed by atoms with Crippen molar-refractivity contribution in [2.75, 3.05) is 6.26 Å². The molecular formula is C19H30BNO3S. The van der Waals surface area contributed by atoms with Gasteiger partial charge in [-0.3, -0.25) is 0 Å².